The molecule has 0 amide bonds. The van der Waals surface area contributed by atoms with Crippen LogP contribution in [0.15, 0.2) is 64.2 Å². The molecule has 0 radical (unpaired) electrons. The number of hydrogen-bond donors (Lipinski definition) is 2. The summed E-state index contributed by atoms with van der Waals surface area (Å²) in [4.78, 5) is 35.8. The van der Waals surface area contributed by atoms with Gasteiger partial charge in [-0.3, -0.25) is 14.5 Å². The number of para-hydroxylation sites is 1. The van der Waals surface area contributed by atoms with Crippen LogP contribution < -0.4 is 10.9 Å². The summed E-state index contributed by atoms with van der Waals surface area (Å²) in [5.74, 6) is 0. The molecule has 5 nitrogen and oxygen atoms in total. The van der Waals surface area contributed by atoms with E-state index in [-0.39, 0.29) is 16.9 Å². The first kappa shape index (κ1) is 21.4. The largest absolute Gasteiger partial charge is 0.354 e. The molecule has 3 aromatic carbocycles. The van der Waals surface area contributed by atoms with E-state index < -0.39 is 0 Å². The molecule has 5 aromatic rings. The highest BCUT2D eigenvalue weighted by Crippen LogP contribution is 2.26. The van der Waals surface area contributed by atoms with Crippen LogP contribution >= 0.6 is 0 Å². The molecule has 0 spiro atoms. The summed E-state index contributed by atoms with van der Waals surface area (Å²) in [6.07, 6.45) is 2.20. The van der Waals surface area contributed by atoms with Gasteiger partial charge in [0.1, 0.15) is 0 Å². The molecule has 168 valence electrons. The van der Waals surface area contributed by atoms with Gasteiger partial charge < -0.3 is 9.97 Å². The van der Waals surface area contributed by atoms with E-state index in [9.17, 15) is 9.59 Å². The lowest BCUT2D eigenvalue weighted by Crippen LogP contribution is -2.28. The molecule has 5 rings (SSSR count). The van der Waals surface area contributed by atoms with E-state index in [1.807, 2.05) is 42.5 Å². The third kappa shape index (κ3) is 3.62. The molecule has 0 bridgehead atoms. The van der Waals surface area contributed by atoms with Crippen LogP contribution in [-0.2, 0) is 0 Å². The average Bonchev–Trinajstić information content (AvgIpc) is 2.83. The Kier molecular flexibility index (Phi) is 5.51. The third-order valence-electron chi connectivity index (χ3n) is 6.70. The summed E-state index contributed by atoms with van der Waals surface area (Å²) in [6, 6.07) is 17.5. The quantitative estimate of drug-likeness (QED) is 0.326. The highest BCUT2D eigenvalue weighted by Gasteiger charge is 2.16. The molecule has 2 aromatic heterocycles. The first-order valence-corrected chi connectivity index (χ1v) is 11.8. The normalized spacial score (nSPS) is 13.0. The maximum Gasteiger partial charge on any atom is 0.197 e. The number of nitrogens with zero attached hydrogens (tertiary/aromatic N) is 1. The lowest BCUT2D eigenvalue weighted by molar-refractivity contribution is 0.211. The van der Waals surface area contributed by atoms with Gasteiger partial charge in [-0.25, -0.2) is 0 Å². The Morgan fingerprint density at radius 3 is 1.88 bits per heavy atom. The first-order valence-electron chi connectivity index (χ1n) is 11.8. The zero-order chi connectivity index (χ0) is 23.1. The molecular formula is C28H29N3O2. The average molecular weight is 440 g/mol. The summed E-state index contributed by atoms with van der Waals surface area (Å²) in [6.45, 7) is 8.68. The van der Waals surface area contributed by atoms with Crippen molar-refractivity contribution in [3.8, 4) is 0 Å². The number of aromatic nitrogens is 2. The van der Waals surface area contributed by atoms with Crippen LogP contribution in [0.3, 0.4) is 0 Å². The van der Waals surface area contributed by atoms with E-state index in [2.05, 4.69) is 41.7 Å². The minimum atomic E-state index is -0.0293. The lowest BCUT2D eigenvalue weighted by Gasteiger charge is -2.29. The monoisotopic (exact) mass is 439 g/mol. The first-order chi connectivity index (χ1) is 16.0. The summed E-state index contributed by atoms with van der Waals surface area (Å²) in [5, 5.41) is 2.50. The summed E-state index contributed by atoms with van der Waals surface area (Å²) < 4.78 is 0. The summed E-state index contributed by atoms with van der Waals surface area (Å²) >= 11 is 0. The number of H-pyrrole nitrogens is 2. The molecular weight excluding hydrogens is 410 g/mol. The van der Waals surface area contributed by atoms with Gasteiger partial charge in [0.25, 0.3) is 0 Å². The molecule has 2 heterocycles. The fourth-order valence-electron chi connectivity index (χ4n) is 4.96. The van der Waals surface area contributed by atoms with Crippen molar-refractivity contribution in [3.05, 3.63) is 80.6 Å². The van der Waals surface area contributed by atoms with Crippen molar-refractivity contribution in [2.24, 2.45) is 0 Å². The molecule has 1 atom stereocenters. The van der Waals surface area contributed by atoms with E-state index >= 15 is 0 Å². The lowest BCUT2D eigenvalue weighted by atomic mass is 10.0. The van der Waals surface area contributed by atoms with Crippen LogP contribution in [0.4, 0.5) is 0 Å². The van der Waals surface area contributed by atoms with E-state index in [1.165, 1.54) is 0 Å². The zero-order valence-corrected chi connectivity index (χ0v) is 19.4. The summed E-state index contributed by atoms with van der Waals surface area (Å²) in [5.41, 5.74) is 4.03. The smallest absolute Gasteiger partial charge is 0.197 e. The minimum absolute atomic E-state index is 0.0127. The van der Waals surface area contributed by atoms with Crippen molar-refractivity contribution < 1.29 is 0 Å². The Morgan fingerprint density at radius 2 is 1.24 bits per heavy atom. The standard InChI is InChI=1S/C28H29N3O2/c1-4-12-31(13-5-2)17(3)18-10-11-24-20(14-18)28(33)22-16-25-21(15-26(22)30-24)27(32)19-8-6-7-9-23(19)29-25/h6-11,14-17H,4-5,12-13H2,1-3H3,(H,29,32)(H,30,33). The van der Waals surface area contributed by atoms with Gasteiger partial charge in [-0.2, -0.15) is 0 Å². The molecule has 0 saturated heterocycles. The highest BCUT2D eigenvalue weighted by molar-refractivity contribution is 6.02. The molecule has 0 aliphatic heterocycles. The molecule has 0 fully saturated rings. The van der Waals surface area contributed by atoms with Crippen molar-refractivity contribution in [2.75, 3.05) is 13.1 Å². The fourth-order valence-corrected chi connectivity index (χ4v) is 4.96. The number of pyridine rings is 2. The van der Waals surface area contributed by atoms with E-state index in [4.69, 9.17) is 0 Å². The molecule has 1 unspecified atom stereocenters. The van der Waals surface area contributed by atoms with Crippen molar-refractivity contribution in [1.82, 2.24) is 14.9 Å². The SMILES string of the molecule is CCCN(CCC)C(C)c1ccc2[nH]c3cc4c(=O)c5ccccc5[nH]c4cc3c(=O)c2c1. The van der Waals surface area contributed by atoms with E-state index in [0.29, 0.717) is 32.6 Å². The number of aromatic amines is 2. The van der Waals surface area contributed by atoms with Crippen LogP contribution in [0.5, 0.6) is 0 Å². The van der Waals surface area contributed by atoms with Crippen LogP contribution in [0.1, 0.15) is 45.2 Å². The second-order valence-electron chi connectivity index (χ2n) is 8.91. The number of nitrogens with one attached hydrogen (secondary N) is 2. The van der Waals surface area contributed by atoms with Gasteiger partial charge in [-0.15, -0.1) is 0 Å². The Labute approximate surface area is 192 Å². The Bertz CT molecular complexity index is 1610. The van der Waals surface area contributed by atoms with Gasteiger partial charge >= 0.3 is 0 Å². The predicted octanol–water partition coefficient (Wildman–Crippen LogP) is 5.86. The van der Waals surface area contributed by atoms with E-state index in [1.54, 1.807) is 6.07 Å². The van der Waals surface area contributed by atoms with Crippen LogP contribution in [-0.4, -0.2) is 28.0 Å². The van der Waals surface area contributed by atoms with Crippen molar-refractivity contribution in [1.29, 1.82) is 0 Å². The number of rotatable bonds is 6. The van der Waals surface area contributed by atoms with Gasteiger partial charge in [0, 0.05) is 38.6 Å². The topological polar surface area (TPSA) is 69.0 Å². The maximum atomic E-state index is 13.6. The Hall–Kier alpha value is -3.44. The number of hydrogen-bond acceptors (Lipinski definition) is 3. The molecule has 0 aliphatic rings. The van der Waals surface area contributed by atoms with Crippen molar-refractivity contribution in [3.63, 3.8) is 0 Å². The number of fused-ring (bicyclic) bond motifs is 4. The summed E-state index contributed by atoms with van der Waals surface area (Å²) in [7, 11) is 0. The molecule has 2 N–H and O–H groups in total. The van der Waals surface area contributed by atoms with Gasteiger partial charge in [-0.05, 0) is 74.8 Å². The zero-order valence-electron chi connectivity index (χ0n) is 19.4. The second kappa shape index (κ2) is 8.49. The van der Waals surface area contributed by atoms with Crippen LogP contribution in [0, 0.1) is 0 Å². The van der Waals surface area contributed by atoms with E-state index in [0.717, 1.165) is 42.5 Å². The van der Waals surface area contributed by atoms with Crippen LogP contribution in [0.2, 0.25) is 0 Å². The van der Waals surface area contributed by atoms with Crippen molar-refractivity contribution in [2.45, 2.75) is 39.7 Å². The van der Waals surface area contributed by atoms with Gasteiger partial charge in [0.2, 0.25) is 0 Å². The van der Waals surface area contributed by atoms with Gasteiger partial charge in [0.15, 0.2) is 10.9 Å². The van der Waals surface area contributed by atoms with Crippen LogP contribution in [0.25, 0.3) is 43.6 Å². The highest BCUT2D eigenvalue weighted by atomic mass is 16.1. The third-order valence-corrected chi connectivity index (χ3v) is 6.70. The molecule has 33 heavy (non-hydrogen) atoms. The maximum absolute atomic E-state index is 13.6. The van der Waals surface area contributed by atoms with Gasteiger partial charge in [0.05, 0.1) is 11.0 Å². The molecule has 0 saturated carbocycles. The second-order valence-corrected chi connectivity index (χ2v) is 8.91. The Morgan fingerprint density at radius 1 is 0.697 bits per heavy atom. The Balaban J connectivity index is 1.71. The van der Waals surface area contributed by atoms with Gasteiger partial charge in [-0.1, -0.05) is 32.0 Å². The fraction of sp³-hybridized carbons (Fsp3) is 0.286. The predicted molar refractivity (Wildman–Crippen MR) is 138 cm³/mol. The molecule has 0 aliphatic carbocycles. The molecule has 5 heteroatoms. The van der Waals surface area contributed by atoms with Crippen molar-refractivity contribution >= 4 is 43.6 Å². The number of benzene rings is 3. The minimum Gasteiger partial charge on any atom is -0.354 e.